The monoisotopic (exact) mass is 886 g/mol. The Kier molecular flexibility index (Phi) is 8.19. The number of nitrogens with zero attached hydrogens (tertiary/aromatic N) is 2. The Morgan fingerprint density at radius 2 is 1.39 bits per heavy atom. The molecular weight excluding hydrogens is 837 g/mol. The second-order valence-corrected chi connectivity index (χ2v) is 21.3. The number of benzene rings is 9. The van der Waals surface area contributed by atoms with Crippen LogP contribution in [0.3, 0.4) is 0 Å². The van der Waals surface area contributed by atoms with Crippen molar-refractivity contribution in [3.63, 3.8) is 0 Å². The molecule has 4 aliphatic carbocycles. The SMILES string of the molecule is CC1(C)c2cc(C3=CC4(C)c5ccccc5C(C)(C)C4C=C3)ccc2-c2c1cc1ccc3c(N(c4ccc(C#N)cc4C4=CC=CCC4)c4cccc5c4oc4ccccc45)ccc4ccc2c1c43. The lowest BCUT2D eigenvalue weighted by Crippen LogP contribution is -2.34. The Balaban J connectivity index is 0.975. The van der Waals surface area contributed by atoms with Gasteiger partial charge in [-0.15, -0.1) is 0 Å². The van der Waals surface area contributed by atoms with Gasteiger partial charge >= 0.3 is 0 Å². The normalized spacial score (nSPS) is 19.4. The van der Waals surface area contributed by atoms with Crippen molar-refractivity contribution in [1.29, 1.82) is 5.26 Å². The third kappa shape index (κ3) is 5.43. The fourth-order valence-corrected chi connectivity index (χ4v) is 13.6. The van der Waals surface area contributed by atoms with Crippen molar-refractivity contribution in [3.8, 4) is 17.2 Å². The van der Waals surface area contributed by atoms with E-state index in [1.807, 2.05) is 12.1 Å². The van der Waals surface area contributed by atoms with Gasteiger partial charge < -0.3 is 9.32 Å². The third-order valence-electron chi connectivity index (χ3n) is 16.9. The lowest BCUT2D eigenvalue weighted by atomic mass is 9.66. The number of hydrogen-bond acceptors (Lipinski definition) is 3. The standard InChI is InChI=1S/C66H50N2O/c1-64(2)53-35-42(44-27-33-59-65(3,4)51-18-10-11-19-52(51)66(59,5)37-44)24-28-47(53)62-49-30-23-41-26-32-55(48-29-25-43(36-54(62)64)61(49)60(41)48)68(56-31-22-39(38-67)34-50(56)40-14-7-6-8-15-40)57-20-13-17-46-45-16-9-12-21-58(45)69-63(46)57/h6-7,9-14,16-37,59H,8,15H2,1-5H3. The first-order valence-corrected chi connectivity index (χ1v) is 24.6. The number of allylic oxidation sites excluding steroid dienone is 8. The van der Waals surface area contributed by atoms with E-state index in [9.17, 15) is 5.26 Å². The van der Waals surface area contributed by atoms with E-state index in [0.717, 1.165) is 57.4 Å². The van der Waals surface area contributed by atoms with Gasteiger partial charge in [0.05, 0.1) is 28.7 Å². The average molecular weight is 887 g/mol. The van der Waals surface area contributed by atoms with Crippen LogP contribution >= 0.6 is 0 Å². The van der Waals surface area contributed by atoms with Gasteiger partial charge in [0.15, 0.2) is 5.58 Å². The summed E-state index contributed by atoms with van der Waals surface area (Å²) in [4.78, 5) is 2.40. The van der Waals surface area contributed by atoms with E-state index in [1.165, 1.54) is 82.4 Å². The fourth-order valence-electron chi connectivity index (χ4n) is 13.6. The molecule has 1 heterocycles. The van der Waals surface area contributed by atoms with E-state index >= 15 is 0 Å². The minimum atomic E-state index is -0.208. The third-order valence-corrected chi connectivity index (χ3v) is 16.9. The smallest absolute Gasteiger partial charge is 0.159 e. The van der Waals surface area contributed by atoms with Crippen molar-refractivity contribution in [3.05, 3.63) is 221 Å². The molecule has 69 heavy (non-hydrogen) atoms. The van der Waals surface area contributed by atoms with Gasteiger partial charge in [-0.2, -0.15) is 5.26 Å². The predicted octanol–water partition coefficient (Wildman–Crippen LogP) is 17.7. The van der Waals surface area contributed by atoms with Gasteiger partial charge in [0.2, 0.25) is 0 Å². The van der Waals surface area contributed by atoms with Crippen LogP contribution in [0.25, 0.3) is 76.5 Å². The molecule has 0 fully saturated rings. The molecule has 14 rings (SSSR count). The summed E-state index contributed by atoms with van der Waals surface area (Å²) in [7, 11) is 0. The minimum absolute atomic E-state index is 0.0607. The van der Waals surface area contributed by atoms with Crippen LogP contribution in [0.1, 0.15) is 86.4 Å². The van der Waals surface area contributed by atoms with E-state index in [0.29, 0.717) is 11.5 Å². The van der Waals surface area contributed by atoms with Gasteiger partial charge in [-0.25, -0.2) is 0 Å². The van der Waals surface area contributed by atoms with Gasteiger partial charge in [0.1, 0.15) is 5.58 Å². The maximum absolute atomic E-state index is 10.2. The minimum Gasteiger partial charge on any atom is -0.454 e. The molecular formula is C66H50N2O. The number of nitriles is 1. The average Bonchev–Trinajstić information content (AvgIpc) is 3.94. The number of rotatable bonds is 5. The van der Waals surface area contributed by atoms with Crippen LogP contribution < -0.4 is 4.90 Å². The number of anilines is 3. The highest BCUT2D eigenvalue weighted by Crippen LogP contribution is 2.59. The maximum atomic E-state index is 10.2. The molecule has 3 nitrogen and oxygen atoms in total. The summed E-state index contributed by atoms with van der Waals surface area (Å²) in [5.74, 6) is 0.401. The highest BCUT2D eigenvalue weighted by atomic mass is 16.3. The zero-order valence-electron chi connectivity index (χ0n) is 39.6. The molecule has 9 aromatic carbocycles. The molecule has 0 saturated carbocycles. The van der Waals surface area contributed by atoms with E-state index in [2.05, 4.69) is 216 Å². The predicted molar refractivity (Wildman–Crippen MR) is 288 cm³/mol. The molecule has 0 aliphatic heterocycles. The summed E-state index contributed by atoms with van der Waals surface area (Å²) in [6, 6.07) is 56.3. The summed E-state index contributed by atoms with van der Waals surface area (Å²) in [6.07, 6.45) is 15.9. The van der Waals surface area contributed by atoms with Gasteiger partial charge in [0, 0.05) is 32.6 Å². The maximum Gasteiger partial charge on any atom is 0.159 e. The van der Waals surface area contributed by atoms with E-state index in [-0.39, 0.29) is 16.2 Å². The van der Waals surface area contributed by atoms with Crippen LogP contribution in [0.2, 0.25) is 0 Å². The van der Waals surface area contributed by atoms with Crippen LogP contribution in [-0.2, 0) is 16.2 Å². The van der Waals surface area contributed by atoms with Crippen LogP contribution in [-0.4, -0.2) is 0 Å². The van der Waals surface area contributed by atoms with Crippen molar-refractivity contribution in [2.24, 2.45) is 5.92 Å². The summed E-state index contributed by atoms with van der Waals surface area (Å²) in [5, 5.41) is 19.9. The second-order valence-electron chi connectivity index (χ2n) is 21.3. The Morgan fingerprint density at radius 3 is 2.25 bits per heavy atom. The van der Waals surface area contributed by atoms with Gasteiger partial charge in [-0.1, -0.05) is 168 Å². The Labute approximate surface area is 403 Å². The van der Waals surface area contributed by atoms with Crippen molar-refractivity contribution in [2.75, 3.05) is 4.90 Å². The Bertz CT molecular complexity index is 4070. The summed E-state index contributed by atoms with van der Waals surface area (Å²) >= 11 is 0. The van der Waals surface area contributed by atoms with Crippen molar-refractivity contribution < 1.29 is 4.42 Å². The molecule has 0 bridgehead atoms. The van der Waals surface area contributed by atoms with Crippen LogP contribution in [0.4, 0.5) is 17.1 Å². The van der Waals surface area contributed by atoms with E-state index < -0.39 is 0 Å². The lowest BCUT2D eigenvalue weighted by Gasteiger charge is -2.37. The van der Waals surface area contributed by atoms with Gasteiger partial charge in [-0.05, 0) is 150 Å². The highest BCUT2D eigenvalue weighted by molar-refractivity contribution is 6.29. The molecule has 2 unspecified atom stereocenters. The van der Waals surface area contributed by atoms with Crippen molar-refractivity contribution in [2.45, 2.75) is 63.7 Å². The quantitative estimate of drug-likeness (QED) is 0.162. The summed E-state index contributed by atoms with van der Waals surface area (Å²) in [6.45, 7) is 12.1. The van der Waals surface area contributed by atoms with Crippen LogP contribution in [0, 0.1) is 17.2 Å². The first-order valence-electron chi connectivity index (χ1n) is 24.6. The van der Waals surface area contributed by atoms with E-state index in [1.54, 1.807) is 0 Å². The molecule has 4 aliphatic rings. The number of fused-ring (bicyclic) bond motifs is 10. The molecule has 0 N–H and O–H groups in total. The fraction of sp³-hybridized carbons (Fsp3) is 0.167. The molecule has 2 atom stereocenters. The van der Waals surface area contributed by atoms with Crippen molar-refractivity contribution in [1.82, 2.24) is 0 Å². The molecule has 0 radical (unpaired) electrons. The summed E-state index contributed by atoms with van der Waals surface area (Å²) in [5.41, 5.74) is 18.3. The second kappa shape index (κ2) is 14.1. The number of hydrogen-bond donors (Lipinski definition) is 0. The first kappa shape index (κ1) is 40.2. The molecule has 1 aromatic heterocycles. The Hall–Kier alpha value is -7.93. The number of furan rings is 1. The van der Waals surface area contributed by atoms with Crippen LogP contribution in [0.15, 0.2) is 186 Å². The zero-order valence-corrected chi connectivity index (χ0v) is 39.6. The van der Waals surface area contributed by atoms with Gasteiger partial charge in [-0.3, -0.25) is 0 Å². The Morgan fingerprint density at radius 1 is 0.623 bits per heavy atom. The van der Waals surface area contributed by atoms with Gasteiger partial charge in [0.25, 0.3) is 0 Å². The molecule has 0 spiro atoms. The molecule has 0 amide bonds. The summed E-state index contributed by atoms with van der Waals surface area (Å²) < 4.78 is 6.83. The number of para-hydroxylation sites is 2. The van der Waals surface area contributed by atoms with E-state index in [4.69, 9.17) is 4.42 Å². The molecule has 10 aromatic rings. The molecule has 3 heteroatoms. The topological polar surface area (TPSA) is 40.2 Å². The molecule has 330 valence electrons. The van der Waals surface area contributed by atoms with Crippen LogP contribution in [0.5, 0.6) is 0 Å². The first-order chi connectivity index (χ1) is 33.5. The van der Waals surface area contributed by atoms with Crippen molar-refractivity contribution >= 4 is 82.5 Å². The highest BCUT2D eigenvalue weighted by Gasteiger charge is 2.52. The zero-order chi connectivity index (χ0) is 46.6. The largest absolute Gasteiger partial charge is 0.454 e. The lowest BCUT2D eigenvalue weighted by molar-refractivity contribution is 0.325. The molecule has 0 saturated heterocycles.